The van der Waals surface area contributed by atoms with Crippen LogP contribution in [0.15, 0.2) is 78.3 Å². The fourth-order valence-electron chi connectivity index (χ4n) is 13.8. The number of hydrogen-bond donors (Lipinski definition) is 5. The molecule has 13 nitrogen and oxygen atoms in total. The van der Waals surface area contributed by atoms with Gasteiger partial charge in [0.2, 0.25) is 29.5 Å². The average Bonchev–Trinajstić information content (AvgIpc) is 4.10. The van der Waals surface area contributed by atoms with E-state index in [-0.39, 0.29) is 71.8 Å². The molecule has 0 spiro atoms. The molecule has 4 fully saturated rings. The number of likely N-dealkylation sites (tertiary alicyclic amines) is 1. The van der Waals surface area contributed by atoms with Gasteiger partial charge in [-0.15, -0.1) is 11.3 Å². The Morgan fingerprint density at radius 1 is 0.892 bits per heavy atom. The molecule has 5 N–H and O–H groups in total. The second-order valence-corrected chi connectivity index (χ2v) is 24.6. The van der Waals surface area contributed by atoms with E-state index < -0.39 is 23.6 Å². The lowest BCUT2D eigenvalue weighted by atomic mass is 9.48. The van der Waals surface area contributed by atoms with Crippen molar-refractivity contribution < 1.29 is 33.8 Å². The van der Waals surface area contributed by atoms with E-state index in [0.29, 0.717) is 37.2 Å². The fraction of sp³-hybridized carbons (Fsp3) is 0.567. The van der Waals surface area contributed by atoms with Gasteiger partial charge in [0.25, 0.3) is 0 Å². The number of unbranched alkanes of at least 4 members (excludes halogenated alkanes) is 5. The average molecular weight is 1030 g/mol. The fourth-order valence-corrected chi connectivity index (χ4v) is 14.6. The van der Waals surface area contributed by atoms with E-state index in [9.17, 15) is 29.1 Å². The zero-order chi connectivity index (χ0) is 52.4. The van der Waals surface area contributed by atoms with E-state index in [1.165, 1.54) is 4.90 Å². The maximum Gasteiger partial charge on any atom is 0.246 e. The minimum absolute atomic E-state index is 0.0254. The summed E-state index contributed by atoms with van der Waals surface area (Å²) in [6, 6.07) is 18.6. The lowest BCUT2D eigenvalue weighted by Crippen LogP contribution is -2.59. The second-order valence-electron chi connectivity index (χ2n) is 23.7. The highest BCUT2D eigenvalue weighted by atomic mass is 32.1. The van der Waals surface area contributed by atoms with Gasteiger partial charge in [0.1, 0.15) is 17.8 Å². The van der Waals surface area contributed by atoms with Crippen molar-refractivity contribution in [3.8, 4) is 16.2 Å². The first-order chi connectivity index (χ1) is 35.4. The summed E-state index contributed by atoms with van der Waals surface area (Å²) in [5.41, 5.74) is 4.90. The molecule has 3 saturated carbocycles. The first kappa shape index (κ1) is 53.2. The molecule has 0 radical (unpaired) electrons. The summed E-state index contributed by atoms with van der Waals surface area (Å²) in [6.45, 7) is 13.3. The maximum atomic E-state index is 14.3. The van der Waals surface area contributed by atoms with E-state index >= 15 is 0 Å². The van der Waals surface area contributed by atoms with E-state index in [0.717, 1.165) is 115 Å². The standard InChI is InChI=1S/C60H78N6O7S/c1-37-53(74-36-62-37)39-22-20-38(21-23-39)34-61-56(71)48-33-40(67)35-66(48)57(72)54(58(2,3)4)65-51(68)19-11-9-7-8-10-12-32-73-49-18-14-15-41-42(49)16-13-17-47(41)63-55(70)46-26-25-44-43-24-27-50-60(6,31-29-52(69)64-50)45(43)28-30-59(44,46)5/h13-18,20-23,29,31,36,40,43-46,48,50,54,67H,7-12,19,24-28,30,32-35H2,1-6H3,(H,61,71)(H,63,70)(H,64,69)(H,65,68)/t40-,43+,44+,45+,46-,48+,50-,54-,59+,60-/m1/s1. The third kappa shape index (κ3) is 11.2. The lowest BCUT2D eigenvalue weighted by Gasteiger charge is -2.58. The molecule has 3 aliphatic carbocycles. The van der Waals surface area contributed by atoms with Gasteiger partial charge in [0.15, 0.2) is 0 Å². The van der Waals surface area contributed by atoms with E-state index in [2.05, 4.69) is 58.3 Å². The zero-order valence-corrected chi connectivity index (χ0v) is 45.2. The van der Waals surface area contributed by atoms with Gasteiger partial charge in [-0.2, -0.15) is 0 Å². The summed E-state index contributed by atoms with van der Waals surface area (Å²) in [6.07, 6.45) is 15.2. The number of thiazole rings is 1. The maximum absolute atomic E-state index is 14.3. The van der Waals surface area contributed by atoms with Crippen LogP contribution in [0.1, 0.15) is 136 Å². The molecule has 5 aliphatic rings. The van der Waals surface area contributed by atoms with E-state index in [1.807, 2.05) is 81.7 Å². The molecular formula is C60H78N6O7S. The molecule has 74 heavy (non-hydrogen) atoms. The highest BCUT2D eigenvalue weighted by Crippen LogP contribution is 2.65. The van der Waals surface area contributed by atoms with Crippen molar-refractivity contribution >= 4 is 57.3 Å². The monoisotopic (exact) mass is 1030 g/mol. The van der Waals surface area contributed by atoms with Gasteiger partial charge in [0.05, 0.1) is 28.8 Å². The van der Waals surface area contributed by atoms with E-state index in [4.69, 9.17) is 4.74 Å². The smallest absolute Gasteiger partial charge is 0.246 e. The Morgan fingerprint density at radius 2 is 1.64 bits per heavy atom. The van der Waals surface area contributed by atoms with Gasteiger partial charge >= 0.3 is 0 Å². The Morgan fingerprint density at radius 3 is 2.39 bits per heavy atom. The minimum atomic E-state index is -0.859. The number of β-amino-alcohol motifs (C(OH)–C–C–N with tert-alkyl or cyclic N) is 1. The number of hydrogen-bond acceptors (Lipinski definition) is 9. The van der Waals surface area contributed by atoms with Crippen LogP contribution in [-0.4, -0.2) is 81.9 Å². The summed E-state index contributed by atoms with van der Waals surface area (Å²) >= 11 is 1.59. The molecule has 3 heterocycles. The molecule has 14 heteroatoms. The number of nitrogens with one attached hydrogen (secondary N) is 4. The normalized spacial score (nSPS) is 27.6. The van der Waals surface area contributed by atoms with Gasteiger partial charge < -0.3 is 36.0 Å². The summed E-state index contributed by atoms with van der Waals surface area (Å²) in [5, 5.41) is 25.2. The molecule has 2 aliphatic heterocycles. The van der Waals surface area contributed by atoms with E-state index in [1.54, 1.807) is 17.4 Å². The van der Waals surface area contributed by atoms with Crippen molar-refractivity contribution in [2.75, 3.05) is 18.5 Å². The van der Waals surface area contributed by atoms with Crippen LogP contribution in [-0.2, 0) is 30.5 Å². The highest BCUT2D eigenvalue weighted by molar-refractivity contribution is 7.13. The Balaban J connectivity index is 0.691. The highest BCUT2D eigenvalue weighted by Gasteiger charge is 2.61. The number of aliphatic hydroxyl groups is 1. The molecule has 10 atom stereocenters. The molecular weight excluding hydrogens is 949 g/mol. The van der Waals surface area contributed by atoms with Crippen molar-refractivity contribution in [1.29, 1.82) is 0 Å². The number of aryl methyl sites for hydroxylation is 1. The first-order valence-electron chi connectivity index (χ1n) is 27.4. The Bertz CT molecular complexity index is 2730. The number of aromatic nitrogens is 1. The molecule has 9 rings (SSSR count). The Labute approximate surface area is 441 Å². The topological polar surface area (TPSA) is 179 Å². The number of carbonyl (C=O) groups excluding carboxylic acids is 5. The molecule has 396 valence electrons. The molecule has 1 aromatic heterocycles. The molecule has 1 saturated heterocycles. The number of ether oxygens (including phenoxy) is 1. The van der Waals surface area contributed by atoms with Crippen LogP contribution < -0.4 is 26.0 Å². The number of nitrogens with zero attached hydrogens (tertiary/aromatic N) is 2. The molecule has 0 unspecified atom stereocenters. The van der Waals surface area contributed by atoms with Gasteiger partial charge in [-0.25, -0.2) is 4.98 Å². The molecule has 0 bridgehead atoms. The number of anilines is 1. The van der Waals surface area contributed by atoms with Crippen LogP contribution in [0.3, 0.4) is 0 Å². The predicted octanol–water partition coefficient (Wildman–Crippen LogP) is 10.0. The molecule has 5 amide bonds. The van der Waals surface area contributed by atoms with Gasteiger partial charge in [-0.3, -0.25) is 24.0 Å². The number of carbonyl (C=O) groups is 5. The summed E-state index contributed by atoms with van der Waals surface area (Å²) in [5.74, 6) is 1.60. The van der Waals surface area contributed by atoms with Crippen molar-refractivity contribution in [2.45, 2.75) is 162 Å². The third-order valence-corrected chi connectivity index (χ3v) is 18.9. The predicted molar refractivity (Wildman–Crippen MR) is 291 cm³/mol. The number of aliphatic hydroxyl groups excluding tert-OH is 1. The number of rotatable bonds is 18. The van der Waals surface area contributed by atoms with Crippen LogP contribution in [0.25, 0.3) is 21.2 Å². The largest absolute Gasteiger partial charge is 0.493 e. The summed E-state index contributed by atoms with van der Waals surface area (Å²) < 4.78 is 6.36. The minimum Gasteiger partial charge on any atom is -0.493 e. The van der Waals surface area contributed by atoms with Gasteiger partial charge in [-0.1, -0.05) is 115 Å². The quantitative estimate of drug-likeness (QED) is 0.0611. The Hall–Kier alpha value is -5.60. The summed E-state index contributed by atoms with van der Waals surface area (Å²) in [7, 11) is 0. The van der Waals surface area contributed by atoms with Crippen molar-refractivity contribution in [2.24, 2.45) is 39.9 Å². The van der Waals surface area contributed by atoms with Gasteiger partial charge in [-0.05, 0) is 116 Å². The lowest BCUT2D eigenvalue weighted by molar-refractivity contribution is -0.144. The van der Waals surface area contributed by atoms with Crippen LogP contribution in [0.2, 0.25) is 0 Å². The van der Waals surface area contributed by atoms with Crippen LogP contribution in [0.4, 0.5) is 5.69 Å². The molecule has 4 aromatic rings. The van der Waals surface area contributed by atoms with Crippen LogP contribution in [0.5, 0.6) is 5.75 Å². The van der Waals surface area contributed by atoms with Crippen molar-refractivity contribution in [1.82, 2.24) is 25.8 Å². The summed E-state index contributed by atoms with van der Waals surface area (Å²) in [4.78, 5) is 74.3. The Kier molecular flexibility index (Phi) is 16.1. The SMILES string of the molecule is Cc1ncsc1-c1ccc(CNC(=O)[C@@H]2C[C@@H](O)CN2C(=O)[C@@H](NC(=O)CCCCCCCCOc2cccc3c(NC(=O)[C@H]4CC[C@H]5[C@@H]6CC[C@H]7NC(=O)C=C[C@]7(C)[C@H]6CC[C@]45C)cccc23)C(C)(C)C)cc1. The van der Waals surface area contributed by atoms with Crippen LogP contribution >= 0.6 is 11.3 Å². The molecule has 3 aromatic carbocycles. The number of fused-ring (bicyclic) bond motifs is 6. The second kappa shape index (κ2) is 22.3. The van der Waals surface area contributed by atoms with Crippen molar-refractivity contribution in [3.05, 3.63) is 89.6 Å². The zero-order valence-electron chi connectivity index (χ0n) is 44.3. The van der Waals surface area contributed by atoms with Crippen LogP contribution in [0, 0.1) is 46.8 Å². The first-order valence-corrected chi connectivity index (χ1v) is 28.3. The van der Waals surface area contributed by atoms with Gasteiger partial charge in [0, 0.05) is 59.8 Å². The number of amides is 5. The van der Waals surface area contributed by atoms with Crippen molar-refractivity contribution in [3.63, 3.8) is 0 Å². The third-order valence-electron chi connectivity index (χ3n) is 17.9. The number of benzene rings is 3.